The Morgan fingerprint density at radius 2 is 1.55 bits per heavy atom. The zero-order valence-electron chi connectivity index (χ0n) is 13.1. The highest BCUT2D eigenvalue weighted by atomic mass is 32.2. The predicted molar refractivity (Wildman–Crippen MR) is 82.1 cm³/mol. The van der Waals surface area contributed by atoms with Crippen molar-refractivity contribution < 1.29 is 12.6 Å². The first-order chi connectivity index (χ1) is 9.20. The zero-order chi connectivity index (χ0) is 15.3. The molecular formula is C16H26O3S. The summed E-state index contributed by atoms with van der Waals surface area (Å²) in [5.74, 6) is 1.07. The lowest BCUT2D eigenvalue weighted by Gasteiger charge is -2.19. The molecule has 0 heterocycles. The molecule has 3 nitrogen and oxygen atoms in total. The summed E-state index contributed by atoms with van der Waals surface area (Å²) in [7, 11) is -3.65. The van der Waals surface area contributed by atoms with Gasteiger partial charge in [0.05, 0.1) is 11.0 Å². The fourth-order valence-electron chi connectivity index (χ4n) is 2.48. The van der Waals surface area contributed by atoms with Crippen molar-refractivity contribution in [1.29, 1.82) is 0 Å². The predicted octanol–water partition coefficient (Wildman–Crippen LogP) is 4.16. The van der Waals surface area contributed by atoms with Crippen LogP contribution in [0.4, 0.5) is 0 Å². The lowest BCUT2D eigenvalue weighted by molar-refractivity contribution is 0.189. The van der Waals surface area contributed by atoms with Crippen LogP contribution < -0.4 is 0 Å². The molecule has 0 bridgehead atoms. The lowest BCUT2D eigenvalue weighted by Crippen LogP contribution is -2.18. The van der Waals surface area contributed by atoms with E-state index in [1.807, 2.05) is 13.8 Å². The van der Waals surface area contributed by atoms with Crippen molar-refractivity contribution >= 4 is 10.1 Å². The number of hydrogen-bond donors (Lipinski definition) is 0. The minimum Gasteiger partial charge on any atom is -0.263 e. The van der Waals surface area contributed by atoms with Crippen molar-refractivity contribution in [2.24, 2.45) is 11.8 Å². The Labute approximate surface area is 123 Å². The van der Waals surface area contributed by atoms with Gasteiger partial charge in [-0.1, -0.05) is 38.5 Å². The molecule has 0 spiro atoms. The van der Waals surface area contributed by atoms with Gasteiger partial charge in [0.15, 0.2) is 0 Å². The van der Waals surface area contributed by atoms with E-state index in [4.69, 9.17) is 4.18 Å². The molecule has 0 radical (unpaired) electrons. The molecule has 0 N–H and O–H groups in total. The van der Waals surface area contributed by atoms with Crippen LogP contribution in [0, 0.1) is 18.8 Å². The maximum absolute atomic E-state index is 12.1. The van der Waals surface area contributed by atoms with Crippen LogP contribution in [0.2, 0.25) is 0 Å². The van der Waals surface area contributed by atoms with Crippen LogP contribution in [0.3, 0.4) is 0 Å². The SMILES string of the molecule is Cc1ccc(S(=O)(=O)OC(C)CC(C)CC(C)C)cc1. The molecule has 20 heavy (non-hydrogen) atoms. The first-order valence-electron chi connectivity index (χ1n) is 7.20. The molecule has 0 aliphatic rings. The number of rotatable bonds is 7. The van der Waals surface area contributed by atoms with Gasteiger partial charge in [-0.15, -0.1) is 0 Å². The smallest absolute Gasteiger partial charge is 0.263 e. The van der Waals surface area contributed by atoms with Gasteiger partial charge < -0.3 is 0 Å². The van der Waals surface area contributed by atoms with E-state index in [1.54, 1.807) is 24.3 Å². The Kier molecular flexibility index (Phi) is 6.21. The fourth-order valence-corrected chi connectivity index (χ4v) is 3.58. The summed E-state index contributed by atoms with van der Waals surface area (Å²) in [4.78, 5) is 0.228. The highest BCUT2D eigenvalue weighted by molar-refractivity contribution is 7.86. The summed E-state index contributed by atoms with van der Waals surface area (Å²) in [6.07, 6.45) is 1.54. The third-order valence-corrected chi connectivity index (χ3v) is 4.64. The van der Waals surface area contributed by atoms with Crippen LogP contribution >= 0.6 is 0 Å². The third kappa shape index (κ3) is 5.63. The Hall–Kier alpha value is -0.870. The number of hydrogen-bond acceptors (Lipinski definition) is 3. The highest BCUT2D eigenvalue weighted by Gasteiger charge is 2.20. The molecule has 0 aromatic heterocycles. The minimum atomic E-state index is -3.65. The average molecular weight is 298 g/mol. The van der Waals surface area contributed by atoms with Crippen molar-refractivity contribution in [3.05, 3.63) is 29.8 Å². The molecule has 2 atom stereocenters. The van der Waals surface area contributed by atoms with Crippen LogP contribution in [0.1, 0.15) is 46.1 Å². The summed E-state index contributed by atoms with van der Waals surface area (Å²) in [6.45, 7) is 10.2. The molecular weight excluding hydrogens is 272 g/mol. The van der Waals surface area contributed by atoms with Crippen LogP contribution in [-0.4, -0.2) is 14.5 Å². The zero-order valence-corrected chi connectivity index (χ0v) is 13.9. The van der Waals surface area contributed by atoms with E-state index in [0.717, 1.165) is 18.4 Å². The Balaban J connectivity index is 2.64. The summed E-state index contributed by atoms with van der Waals surface area (Å²) in [5, 5.41) is 0. The minimum absolute atomic E-state index is 0.228. The van der Waals surface area contributed by atoms with Gasteiger partial charge in [0.25, 0.3) is 10.1 Å². The van der Waals surface area contributed by atoms with E-state index in [9.17, 15) is 8.42 Å². The molecule has 0 fully saturated rings. The van der Waals surface area contributed by atoms with Gasteiger partial charge in [0, 0.05) is 0 Å². The Bertz CT molecular complexity index is 503. The lowest BCUT2D eigenvalue weighted by atomic mass is 9.94. The van der Waals surface area contributed by atoms with Gasteiger partial charge in [-0.25, -0.2) is 0 Å². The maximum atomic E-state index is 12.1. The van der Waals surface area contributed by atoms with Crippen LogP contribution in [0.5, 0.6) is 0 Å². The monoisotopic (exact) mass is 298 g/mol. The van der Waals surface area contributed by atoms with Gasteiger partial charge in [-0.3, -0.25) is 4.18 Å². The Morgan fingerprint density at radius 1 is 1.00 bits per heavy atom. The van der Waals surface area contributed by atoms with Gasteiger partial charge in [0.2, 0.25) is 0 Å². The fraction of sp³-hybridized carbons (Fsp3) is 0.625. The molecule has 4 heteroatoms. The van der Waals surface area contributed by atoms with E-state index < -0.39 is 10.1 Å². The highest BCUT2D eigenvalue weighted by Crippen LogP contribution is 2.21. The van der Waals surface area contributed by atoms with Gasteiger partial charge in [0.1, 0.15) is 0 Å². The Morgan fingerprint density at radius 3 is 2.05 bits per heavy atom. The molecule has 1 rings (SSSR count). The van der Waals surface area contributed by atoms with Gasteiger partial charge in [-0.2, -0.15) is 8.42 Å². The molecule has 1 aromatic rings. The van der Waals surface area contributed by atoms with Crippen molar-refractivity contribution in [3.8, 4) is 0 Å². The van der Waals surface area contributed by atoms with E-state index in [2.05, 4.69) is 20.8 Å². The number of benzene rings is 1. The molecule has 2 unspecified atom stereocenters. The molecule has 0 saturated heterocycles. The van der Waals surface area contributed by atoms with E-state index >= 15 is 0 Å². The topological polar surface area (TPSA) is 43.4 Å². The van der Waals surface area contributed by atoms with Crippen molar-refractivity contribution in [1.82, 2.24) is 0 Å². The molecule has 0 aliphatic carbocycles. The third-order valence-electron chi connectivity index (χ3n) is 3.21. The second-order valence-electron chi connectivity index (χ2n) is 6.14. The van der Waals surface area contributed by atoms with E-state index in [0.29, 0.717) is 11.8 Å². The summed E-state index contributed by atoms with van der Waals surface area (Å²) >= 11 is 0. The molecule has 1 aromatic carbocycles. The first kappa shape index (κ1) is 17.2. The maximum Gasteiger partial charge on any atom is 0.297 e. The summed E-state index contributed by atoms with van der Waals surface area (Å²) < 4.78 is 29.6. The summed E-state index contributed by atoms with van der Waals surface area (Å²) in [6, 6.07) is 6.74. The molecule has 0 amide bonds. The first-order valence-corrected chi connectivity index (χ1v) is 8.61. The van der Waals surface area contributed by atoms with E-state index in [1.165, 1.54) is 0 Å². The van der Waals surface area contributed by atoms with Crippen molar-refractivity contribution in [2.45, 2.75) is 58.5 Å². The standard InChI is InChI=1S/C16H26O3S/c1-12(2)10-14(4)11-15(5)19-20(17,18)16-8-6-13(3)7-9-16/h6-9,12,14-15H,10-11H2,1-5H3. The summed E-state index contributed by atoms with van der Waals surface area (Å²) in [5.41, 5.74) is 1.03. The molecule has 0 saturated carbocycles. The quantitative estimate of drug-likeness (QED) is 0.710. The van der Waals surface area contributed by atoms with Crippen molar-refractivity contribution in [3.63, 3.8) is 0 Å². The number of aryl methyl sites for hydroxylation is 1. The van der Waals surface area contributed by atoms with Crippen LogP contribution in [-0.2, 0) is 14.3 Å². The second kappa shape index (κ2) is 7.23. The second-order valence-corrected chi connectivity index (χ2v) is 7.72. The largest absolute Gasteiger partial charge is 0.297 e. The normalized spacial score (nSPS) is 15.3. The van der Waals surface area contributed by atoms with Gasteiger partial charge >= 0.3 is 0 Å². The molecule has 0 aliphatic heterocycles. The van der Waals surface area contributed by atoms with Crippen molar-refractivity contribution in [2.75, 3.05) is 0 Å². The van der Waals surface area contributed by atoms with E-state index in [-0.39, 0.29) is 11.0 Å². The van der Waals surface area contributed by atoms with Crippen LogP contribution in [0.25, 0.3) is 0 Å². The van der Waals surface area contributed by atoms with Gasteiger partial charge in [-0.05, 0) is 50.7 Å². The van der Waals surface area contributed by atoms with Crippen LogP contribution in [0.15, 0.2) is 29.2 Å². The average Bonchev–Trinajstić information content (AvgIpc) is 2.26. The molecule has 114 valence electrons.